The lowest BCUT2D eigenvalue weighted by atomic mass is 10.1. The molecule has 2 aliphatic heterocycles. The molecular weight excluding hydrogens is 332 g/mol. The molecule has 8 nitrogen and oxygen atoms in total. The largest absolute Gasteiger partial charge is 0.325 e. The zero-order valence-corrected chi connectivity index (χ0v) is 15.3. The van der Waals surface area contributed by atoms with Gasteiger partial charge in [-0.2, -0.15) is 5.10 Å². The van der Waals surface area contributed by atoms with Crippen molar-refractivity contribution in [3.8, 4) is 0 Å². The van der Waals surface area contributed by atoms with Crippen LogP contribution in [0, 0.1) is 0 Å². The number of urea groups is 1. The van der Waals surface area contributed by atoms with Gasteiger partial charge in [-0.1, -0.05) is 37.3 Å². The highest BCUT2D eigenvalue weighted by atomic mass is 16.2. The van der Waals surface area contributed by atoms with E-state index in [1.165, 1.54) is 10.5 Å². The third-order valence-electron chi connectivity index (χ3n) is 4.70. The number of fused-ring (bicyclic) bond motifs is 1. The fraction of sp³-hybridized carbons (Fsp3) is 0.444. The van der Waals surface area contributed by atoms with E-state index in [1.807, 2.05) is 49.1 Å². The van der Waals surface area contributed by atoms with Crippen molar-refractivity contribution in [2.24, 2.45) is 10.1 Å². The minimum atomic E-state index is -0.555. The van der Waals surface area contributed by atoms with Crippen LogP contribution in [0.25, 0.3) is 0 Å². The Bertz CT molecular complexity index is 745. The van der Waals surface area contributed by atoms with Crippen molar-refractivity contribution in [3.63, 3.8) is 0 Å². The van der Waals surface area contributed by atoms with Gasteiger partial charge in [0.25, 0.3) is 5.91 Å². The third kappa shape index (κ3) is 3.54. The fourth-order valence-electron chi connectivity index (χ4n) is 2.98. The summed E-state index contributed by atoms with van der Waals surface area (Å²) in [6.45, 7) is 4.53. The molecule has 2 unspecified atom stereocenters. The molecule has 0 bridgehead atoms. The molecule has 8 heteroatoms. The highest BCUT2D eigenvalue weighted by Crippen LogP contribution is 2.23. The third-order valence-corrected chi connectivity index (χ3v) is 4.70. The van der Waals surface area contributed by atoms with Gasteiger partial charge in [0, 0.05) is 19.3 Å². The molecule has 26 heavy (non-hydrogen) atoms. The molecule has 3 rings (SSSR count). The Kier molecular flexibility index (Phi) is 5.20. The van der Waals surface area contributed by atoms with Gasteiger partial charge in [0.15, 0.2) is 12.2 Å². The molecule has 1 aromatic carbocycles. The number of likely N-dealkylation sites (N-methyl/N-ethyl adjacent to an activating group) is 1. The number of hydrogen-bond acceptors (Lipinski definition) is 6. The molecule has 1 aromatic rings. The first-order valence-corrected chi connectivity index (χ1v) is 8.76. The molecule has 0 spiro atoms. The van der Waals surface area contributed by atoms with E-state index in [0.29, 0.717) is 12.5 Å². The van der Waals surface area contributed by atoms with Gasteiger partial charge < -0.3 is 9.80 Å². The maximum Gasteiger partial charge on any atom is 0.325 e. The van der Waals surface area contributed by atoms with Gasteiger partial charge in [-0.05, 0) is 25.3 Å². The Labute approximate surface area is 153 Å². The van der Waals surface area contributed by atoms with Gasteiger partial charge in [-0.3, -0.25) is 10.1 Å². The molecule has 2 aliphatic rings. The smallest absolute Gasteiger partial charge is 0.325 e. The molecule has 0 saturated carbocycles. The summed E-state index contributed by atoms with van der Waals surface area (Å²) < 4.78 is 0. The molecule has 2 heterocycles. The Balaban J connectivity index is 1.83. The number of guanidine groups is 1. The number of nitrogens with one attached hydrogen (secondary N) is 2. The van der Waals surface area contributed by atoms with Gasteiger partial charge in [0.05, 0.1) is 0 Å². The average molecular weight is 356 g/mol. The second-order valence-corrected chi connectivity index (χ2v) is 6.46. The van der Waals surface area contributed by atoms with Crippen LogP contribution in [0.2, 0.25) is 0 Å². The summed E-state index contributed by atoms with van der Waals surface area (Å²) in [6, 6.07) is 9.06. The number of hydrogen-bond donors (Lipinski definition) is 2. The standard InChI is InChI=1S/C18H24N6O2/c1-4-12(2)21-22-17-19-15-14(16(25)20-18(26)23(15)3)24(17)11-10-13-8-6-5-7-9-13/h5-9,14-15H,4,10-11H2,1-3H3,(H,19,22)(H,20,25,26)/b21-12-. The van der Waals surface area contributed by atoms with Crippen LogP contribution in [-0.4, -0.2) is 59.2 Å². The summed E-state index contributed by atoms with van der Waals surface area (Å²) in [5.74, 6) is 0.184. The highest BCUT2D eigenvalue weighted by Gasteiger charge is 2.48. The van der Waals surface area contributed by atoms with E-state index in [2.05, 4.69) is 20.8 Å². The van der Waals surface area contributed by atoms with Crippen molar-refractivity contribution in [2.75, 3.05) is 13.6 Å². The van der Waals surface area contributed by atoms with Crippen LogP contribution in [0.4, 0.5) is 4.79 Å². The van der Waals surface area contributed by atoms with E-state index in [4.69, 9.17) is 0 Å². The minimum absolute atomic E-state index is 0.331. The number of rotatable bonds is 5. The number of benzene rings is 1. The first kappa shape index (κ1) is 17.9. The molecule has 2 N–H and O–H groups in total. The molecule has 1 saturated heterocycles. The van der Waals surface area contributed by atoms with Gasteiger partial charge in [-0.25, -0.2) is 15.2 Å². The van der Waals surface area contributed by atoms with Crippen LogP contribution < -0.4 is 10.7 Å². The van der Waals surface area contributed by atoms with Gasteiger partial charge in [-0.15, -0.1) is 0 Å². The lowest BCUT2D eigenvalue weighted by molar-refractivity contribution is -0.127. The monoisotopic (exact) mass is 356 g/mol. The van der Waals surface area contributed by atoms with Crippen LogP contribution >= 0.6 is 0 Å². The number of amides is 3. The van der Waals surface area contributed by atoms with Crippen LogP contribution in [0.5, 0.6) is 0 Å². The summed E-state index contributed by atoms with van der Waals surface area (Å²) in [4.78, 5) is 32.3. The number of imide groups is 1. The van der Waals surface area contributed by atoms with Crippen molar-refractivity contribution in [2.45, 2.75) is 38.9 Å². The van der Waals surface area contributed by atoms with Gasteiger partial charge >= 0.3 is 6.03 Å². The molecule has 0 aromatic heterocycles. The topological polar surface area (TPSA) is 89.4 Å². The highest BCUT2D eigenvalue weighted by molar-refractivity contribution is 6.03. The van der Waals surface area contributed by atoms with Crippen molar-refractivity contribution in [1.29, 1.82) is 0 Å². The number of carbonyl (C=O) groups is 2. The first-order valence-electron chi connectivity index (χ1n) is 8.76. The summed E-state index contributed by atoms with van der Waals surface area (Å²) in [6.07, 6.45) is 1.02. The Morgan fingerprint density at radius 2 is 2.04 bits per heavy atom. The first-order chi connectivity index (χ1) is 12.5. The van der Waals surface area contributed by atoms with Crippen molar-refractivity contribution in [3.05, 3.63) is 35.9 Å². The van der Waals surface area contributed by atoms with E-state index in [-0.39, 0.29) is 5.91 Å². The maximum absolute atomic E-state index is 12.5. The summed E-state index contributed by atoms with van der Waals surface area (Å²) >= 11 is 0. The van der Waals surface area contributed by atoms with E-state index >= 15 is 0 Å². The fourth-order valence-corrected chi connectivity index (χ4v) is 2.98. The molecule has 3 amide bonds. The average Bonchev–Trinajstić information content (AvgIpc) is 3.02. The van der Waals surface area contributed by atoms with Crippen LogP contribution in [0.15, 0.2) is 40.4 Å². The molecule has 0 radical (unpaired) electrons. The van der Waals surface area contributed by atoms with Crippen molar-refractivity contribution >= 4 is 23.6 Å². The number of nitrogens with zero attached hydrogens (tertiary/aromatic N) is 4. The second kappa shape index (κ2) is 7.55. The Morgan fingerprint density at radius 3 is 2.73 bits per heavy atom. The number of carbonyl (C=O) groups excluding carboxylic acids is 2. The number of hydrazone groups is 1. The lowest BCUT2D eigenvalue weighted by Crippen LogP contribution is -2.64. The lowest BCUT2D eigenvalue weighted by Gasteiger charge is -2.36. The zero-order chi connectivity index (χ0) is 18.7. The minimum Gasteiger partial charge on any atom is -0.325 e. The quantitative estimate of drug-likeness (QED) is 0.612. The second-order valence-electron chi connectivity index (χ2n) is 6.46. The Hall–Kier alpha value is -2.90. The zero-order valence-electron chi connectivity index (χ0n) is 15.3. The molecular formula is C18H24N6O2. The van der Waals surface area contributed by atoms with Gasteiger partial charge in [0.2, 0.25) is 5.96 Å². The maximum atomic E-state index is 12.5. The van der Waals surface area contributed by atoms with Crippen LogP contribution in [-0.2, 0) is 11.2 Å². The van der Waals surface area contributed by atoms with E-state index < -0.39 is 18.2 Å². The summed E-state index contributed by atoms with van der Waals surface area (Å²) in [7, 11) is 1.64. The summed E-state index contributed by atoms with van der Waals surface area (Å²) in [5.41, 5.74) is 5.08. The van der Waals surface area contributed by atoms with Crippen LogP contribution in [0.1, 0.15) is 25.8 Å². The number of aliphatic imine (C=N–C) groups is 1. The van der Waals surface area contributed by atoms with Crippen molar-refractivity contribution < 1.29 is 9.59 Å². The van der Waals surface area contributed by atoms with E-state index in [9.17, 15) is 9.59 Å². The SMILES string of the molecule is CC/C(C)=N\NC1=NC2C(C(=O)NC(=O)N2C)N1CCc1ccccc1. The predicted octanol–water partition coefficient (Wildman–Crippen LogP) is 1.15. The van der Waals surface area contributed by atoms with Crippen LogP contribution in [0.3, 0.4) is 0 Å². The molecule has 1 fully saturated rings. The van der Waals surface area contributed by atoms with E-state index in [1.54, 1.807) is 7.05 Å². The van der Waals surface area contributed by atoms with Gasteiger partial charge in [0.1, 0.15) is 0 Å². The molecule has 0 aliphatic carbocycles. The normalized spacial score (nSPS) is 22.9. The molecule has 138 valence electrons. The van der Waals surface area contributed by atoms with E-state index in [0.717, 1.165) is 18.6 Å². The van der Waals surface area contributed by atoms with Crippen molar-refractivity contribution in [1.82, 2.24) is 20.5 Å². The predicted molar refractivity (Wildman–Crippen MR) is 99.7 cm³/mol. The molecule has 2 atom stereocenters. The Morgan fingerprint density at radius 1 is 1.31 bits per heavy atom. The summed E-state index contributed by atoms with van der Waals surface area (Å²) in [5, 5.41) is 6.71.